The van der Waals surface area contributed by atoms with Crippen LogP contribution in [0.25, 0.3) is 0 Å². The second-order valence-corrected chi connectivity index (χ2v) is 2.47. The maximum atomic E-state index is 5.66. The Kier molecular flexibility index (Phi) is 1.18. The fraction of sp³-hybridized carbons (Fsp3) is 0. The average Bonchev–Trinajstić information content (AvgIpc) is 2.30. The van der Waals surface area contributed by atoms with Crippen molar-refractivity contribution in [2.45, 2.75) is 0 Å². The van der Waals surface area contributed by atoms with Crippen LogP contribution in [0.3, 0.4) is 0 Å². The number of hydrazone groups is 1. The van der Waals surface area contributed by atoms with E-state index in [0.29, 0.717) is 0 Å². The summed E-state index contributed by atoms with van der Waals surface area (Å²) in [6.45, 7) is 5.60. The van der Waals surface area contributed by atoms with E-state index in [4.69, 9.17) is 7.98 Å². The standard InChI is InChI=1S/C8H7BN2/c1-10-6-7-4-2-3-5-8(7)11(10)9/h2-6H,1H2. The number of hydrogen-bond acceptors (Lipinski definition) is 1. The maximum Gasteiger partial charge on any atom is 0.308 e. The van der Waals surface area contributed by atoms with E-state index in [-0.39, 0.29) is 0 Å². The van der Waals surface area contributed by atoms with Crippen LogP contribution in [-0.2, 0) is 0 Å². The molecule has 2 radical (unpaired) electrons. The van der Waals surface area contributed by atoms with E-state index < -0.39 is 0 Å². The van der Waals surface area contributed by atoms with Crippen LogP contribution in [0.5, 0.6) is 0 Å². The molecule has 52 valence electrons. The van der Waals surface area contributed by atoms with Crippen molar-refractivity contribution in [2.24, 2.45) is 0 Å². The van der Waals surface area contributed by atoms with Crippen molar-refractivity contribution in [3.8, 4) is 0 Å². The van der Waals surface area contributed by atoms with E-state index in [1.807, 2.05) is 30.8 Å². The highest BCUT2D eigenvalue weighted by Crippen LogP contribution is 2.26. The highest BCUT2D eigenvalue weighted by atomic mass is 15.5. The predicted molar refractivity (Wildman–Crippen MR) is 45.5 cm³/mol. The third-order valence-corrected chi connectivity index (χ3v) is 1.75. The molecule has 0 aliphatic carbocycles. The van der Waals surface area contributed by atoms with Crippen LogP contribution in [0.4, 0.5) is 5.69 Å². The summed E-state index contributed by atoms with van der Waals surface area (Å²) >= 11 is 0. The van der Waals surface area contributed by atoms with Crippen LogP contribution >= 0.6 is 0 Å². The molecule has 1 aliphatic rings. The van der Waals surface area contributed by atoms with Gasteiger partial charge in [-0.1, -0.05) is 17.7 Å². The molecule has 0 atom stereocenters. The highest BCUT2D eigenvalue weighted by molar-refractivity contribution is 6.17. The zero-order valence-electron chi connectivity index (χ0n) is 6.07. The summed E-state index contributed by atoms with van der Waals surface area (Å²) in [5, 5.41) is 0. The second kappa shape index (κ2) is 2.05. The van der Waals surface area contributed by atoms with Crippen molar-refractivity contribution in [3.63, 3.8) is 0 Å². The molecule has 2 nitrogen and oxygen atoms in total. The molecule has 0 N–H and O–H groups in total. The van der Waals surface area contributed by atoms with E-state index in [2.05, 4.69) is 6.72 Å². The summed E-state index contributed by atoms with van der Waals surface area (Å²) in [4.78, 5) is 1.51. The number of hydrazine groups is 1. The van der Waals surface area contributed by atoms with E-state index in [1.54, 1.807) is 4.68 Å². The normalized spacial score (nSPS) is 14.5. The number of benzene rings is 1. The van der Waals surface area contributed by atoms with Gasteiger partial charge in [-0.15, -0.1) is 12.1 Å². The van der Waals surface area contributed by atoms with Crippen LogP contribution in [0.15, 0.2) is 24.3 Å². The minimum Gasteiger partial charge on any atom is -0.268 e. The van der Waals surface area contributed by atoms with Crippen molar-refractivity contribution in [1.82, 2.24) is 0 Å². The lowest BCUT2D eigenvalue weighted by atomic mass is 10.2. The van der Waals surface area contributed by atoms with Crippen LogP contribution < -0.4 is 4.92 Å². The molecule has 0 amide bonds. The Labute approximate surface area is 67.2 Å². The van der Waals surface area contributed by atoms with Gasteiger partial charge in [0.1, 0.15) is 6.54 Å². The monoisotopic (exact) mass is 142 g/mol. The molecule has 2 rings (SSSR count). The molecule has 0 saturated heterocycles. The Morgan fingerprint density at radius 2 is 2.18 bits per heavy atom. The predicted octanol–water partition coefficient (Wildman–Crippen LogP) is 0.728. The molecule has 0 bridgehead atoms. The number of fused-ring (bicyclic) bond motifs is 1. The molecule has 0 fully saturated rings. The molecular formula is C8H7BN2. The Morgan fingerprint density at radius 3 is 2.91 bits per heavy atom. The Morgan fingerprint density at radius 1 is 1.45 bits per heavy atom. The second-order valence-electron chi connectivity index (χ2n) is 2.47. The number of rotatable bonds is 0. The van der Waals surface area contributed by atoms with Gasteiger partial charge in [0.25, 0.3) is 0 Å². The van der Waals surface area contributed by atoms with E-state index in [1.165, 1.54) is 4.92 Å². The van der Waals surface area contributed by atoms with Crippen molar-refractivity contribution < 1.29 is 4.68 Å². The SMILES string of the molecule is [B]N1c2ccccc2[CH-][N+]1=C. The summed E-state index contributed by atoms with van der Waals surface area (Å²) in [7, 11) is 5.66. The largest absolute Gasteiger partial charge is 0.308 e. The van der Waals surface area contributed by atoms with Gasteiger partial charge in [0.05, 0.1) is 6.72 Å². The van der Waals surface area contributed by atoms with Crippen molar-refractivity contribution in [2.75, 3.05) is 4.92 Å². The summed E-state index contributed by atoms with van der Waals surface area (Å²) in [5.74, 6) is 0. The molecule has 0 unspecified atom stereocenters. The quantitative estimate of drug-likeness (QED) is 0.294. The van der Waals surface area contributed by atoms with Crippen LogP contribution in [0, 0.1) is 6.54 Å². The molecule has 0 aromatic heterocycles. The van der Waals surface area contributed by atoms with E-state index >= 15 is 0 Å². The van der Waals surface area contributed by atoms with E-state index in [0.717, 1.165) is 11.3 Å². The lowest BCUT2D eigenvalue weighted by Gasteiger charge is -2.11. The van der Waals surface area contributed by atoms with Gasteiger partial charge in [0, 0.05) is 5.69 Å². The number of nitrogens with zero attached hydrogens (tertiary/aromatic N) is 2. The summed E-state index contributed by atoms with van der Waals surface area (Å²) in [6, 6.07) is 7.88. The van der Waals surface area contributed by atoms with Gasteiger partial charge in [0.2, 0.25) is 0 Å². The minimum atomic E-state index is 0.988. The highest BCUT2D eigenvalue weighted by Gasteiger charge is 2.16. The van der Waals surface area contributed by atoms with Gasteiger partial charge in [0.15, 0.2) is 0 Å². The molecule has 3 heteroatoms. The summed E-state index contributed by atoms with van der Waals surface area (Å²) < 4.78 is 1.60. The van der Waals surface area contributed by atoms with E-state index in [9.17, 15) is 0 Å². The molecule has 0 saturated carbocycles. The first kappa shape index (κ1) is 6.34. The fourth-order valence-corrected chi connectivity index (χ4v) is 1.17. The zero-order chi connectivity index (χ0) is 7.84. The summed E-state index contributed by atoms with van der Waals surface area (Å²) in [5.41, 5.74) is 2.09. The lowest BCUT2D eigenvalue weighted by molar-refractivity contribution is -0.459. The van der Waals surface area contributed by atoms with Gasteiger partial charge >= 0.3 is 7.98 Å². The molecule has 1 aromatic rings. The smallest absolute Gasteiger partial charge is 0.268 e. The average molecular weight is 142 g/mol. The van der Waals surface area contributed by atoms with Gasteiger partial charge in [-0.2, -0.15) is 4.68 Å². The Balaban J connectivity index is 2.55. The van der Waals surface area contributed by atoms with Crippen molar-refractivity contribution >= 4 is 20.4 Å². The third kappa shape index (κ3) is 0.809. The third-order valence-electron chi connectivity index (χ3n) is 1.75. The fourth-order valence-electron chi connectivity index (χ4n) is 1.17. The van der Waals surface area contributed by atoms with Crippen molar-refractivity contribution in [1.29, 1.82) is 0 Å². The first-order valence-corrected chi connectivity index (χ1v) is 3.37. The molecule has 1 aromatic carbocycles. The minimum absolute atomic E-state index is 0.988. The van der Waals surface area contributed by atoms with Crippen LogP contribution in [0.2, 0.25) is 0 Å². The maximum absolute atomic E-state index is 5.66. The molecule has 0 spiro atoms. The molecule has 11 heavy (non-hydrogen) atoms. The Bertz CT molecular complexity index is 309. The van der Waals surface area contributed by atoms with Gasteiger partial charge in [-0.3, -0.25) is 4.92 Å². The summed E-state index contributed by atoms with van der Waals surface area (Å²) in [6.07, 6.45) is 0. The van der Waals surface area contributed by atoms with Gasteiger partial charge in [-0.25, -0.2) is 0 Å². The van der Waals surface area contributed by atoms with Crippen molar-refractivity contribution in [3.05, 3.63) is 36.4 Å². The molecule has 1 aliphatic heterocycles. The number of hydrogen-bond donors (Lipinski definition) is 0. The van der Waals surface area contributed by atoms with Crippen LogP contribution in [0.1, 0.15) is 5.56 Å². The first-order chi connectivity index (χ1) is 5.29. The van der Waals surface area contributed by atoms with Crippen LogP contribution in [-0.4, -0.2) is 19.4 Å². The molecule has 1 heterocycles. The lowest BCUT2D eigenvalue weighted by Crippen LogP contribution is -2.23. The number of para-hydroxylation sites is 1. The first-order valence-electron chi connectivity index (χ1n) is 3.37. The van der Waals surface area contributed by atoms with Gasteiger partial charge < -0.3 is 0 Å². The van der Waals surface area contributed by atoms with Gasteiger partial charge in [-0.05, 0) is 0 Å². The topological polar surface area (TPSA) is 6.25 Å². The number of anilines is 1. The molecular weight excluding hydrogens is 135 g/mol. The Hall–Kier alpha value is -1.38. The zero-order valence-corrected chi connectivity index (χ0v) is 6.07.